The van der Waals surface area contributed by atoms with E-state index >= 15 is 0 Å². The average molecular weight is 402 g/mol. The molecule has 1 saturated heterocycles. The highest BCUT2D eigenvalue weighted by Gasteiger charge is 2.43. The molecule has 0 aliphatic carbocycles. The van der Waals surface area contributed by atoms with Crippen molar-refractivity contribution in [2.45, 2.75) is 24.4 Å². The molecule has 0 saturated carbocycles. The molecule has 3 nitrogen and oxygen atoms in total. The summed E-state index contributed by atoms with van der Waals surface area (Å²) in [5, 5.41) is 2.51. The molecule has 2 aromatic carbocycles. The van der Waals surface area contributed by atoms with Gasteiger partial charge in [-0.25, -0.2) is 4.39 Å². The van der Waals surface area contributed by atoms with Crippen molar-refractivity contribution < 1.29 is 27.1 Å². The largest absolute Gasteiger partial charge is 0.416 e. The average Bonchev–Trinajstić information content (AvgIpc) is 2.64. The Kier molecular flexibility index (Phi) is 5.44. The van der Waals surface area contributed by atoms with Crippen molar-refractivity contribution in [2.24, 2.45) is 0 Å². The third-order valence-corrected chi connectivity index (χ3v) is 5.01. The molecule has 1 amide bonds. The van der Waals surface area contributed by atoms with Crippen molar-refractivity contribution in [3.8, 4) is 0 Å². The summed E-state index contributed by atoms with van der Waals surface area (Å²) in [6, 6.07) is 8.54. The molecule has 27 heavy (non-hydrogen) atoms. The minimum Gasteiger partial charge on any atom is -0.381 e. The maximum atomic E-state index is 13.6. The van der Waals surface area contributed by atoms with E-state index in [4.69, 9.17) is 16.3 Å². The number of halogens is 5. The lowest BCUT2D eigenvalue weighted by atomic mass is 9.73. The lowest BCUT2D eigenvalue weighted by molar-refractivity contribution is -0.138. The molecule has 1 fully saturated rings. The number of anilines is 1. The Hall–Kier alpha value is -2.12. The molecule has 2 aromatic rings. The van der Waals surface area contributed by atoms with Crippen LogP contribution >= 0.6 is 11.6 Å². The van der Waals surface area contributed by atoms with Gasteiger partial charge in [-0.1, -0.05) is 29.8 Å². The number of benzene rings is 2. The van der Waals surface area contributed by atoms with Crippen molar-refractivity contribution >= 4 is 23.2 Å². The summed E-state index contributed by atoms with van der Waals surface area (Å²) in [6.45, 7) is 0.470. The van der Waals surface area contributed by atoms with E-state index in [2.05, 4.69) is 5.32 Å². The highest BCUT2D eigenvalue weighted by atomic mass is 35.5. The van der Waals surface area contributed by atoms with Gasteiger partial charge in [0, 0.05) is 18.9 Å². The van der Waals surface area contributed by atoms with Crippen molar-refractivity contribution in [2.75, 3.05) is 18.5 Å². The molecule has 1 N–H and O–H groups in total. The zero-order chi connectivity index (χ0) is 19.7. The number of rotatable bonds is 3. The Bertz CT molecular complexity index is 848. The fraction of sp³-hybridized carbons (Fsp3) is 0.316. The van der Waals surface area contributed by atoms with Crippen LogP contribution in [0, 0.1) is 5.82 Å². The molecule has 0 atom stereocenters. The highest BCUT2D eigenvalue weighted by molar-refractivity contribution is 6.30. The zero-order valence-corrected chi connectivity index (χ0v) is 14.8. The van der Waals surface area contributed by atoms with E-state index in [1.807, 2.05) is 0 Å². The minimum atomic E-state index is -4.52. The molecule has 1 heterocycles. The molecular weight excluding hydrogens is 386 g/mol. The lowest BCUT2D eigenvalue weighted by Crippen LogP contribution is -2.45. The predicted octanol–water partition coefficient (Wildman–Crippen LogP) is 5.18. The number of hydrogen-bond donors (Lipinski definition) is 1. The van der Waals surface area contributed by atoms with Crippen molar-refractivity contribution in [3.05, 3.63) is 64.4 Å². The fourth-order valence-electron chi connectivity index (χ4n) is 3.18. The molecule has 0 unspecified atom stereocenters. The molecule has 1 aliphatic rings. The van der Waals surface area contributed by atoms with Gasteiger partial charge in [-0.15, -0.1) is 0 Å². The molecule has 0 bridgehead atoms. The number of alkyl halides is 3. The number of amides is 1. The normalized spacial score (nSPS) is 16.8. The molecule has 1 aliphatic heterocycles. The third kappa shape index (κ3) is 4.09. The lowest BCUT2D eigenvalue weighted by Gasteiger charge is -2.36. The van der Waals surface area contributed by atoms with Crippen molar-refractivity contribution in [1.82, 2.24) is 0 Å². The van der Waals surface area contributed by atoms with Gasteiger partial charge in [0.1, 0.15) is 5.82 Å². The quantitative estimate of drug-likeness (QED) is 0.719. The molecule has 3 rings (SSSR count). The van der Waals surface area contributed by atoms with Gasteiger partial charge in [0.15, 0.2) is 0 Å². The standard InChI is InChI=1S/C19H16ClF4NO2/c20-15-5-4-14(11-16(15)21)25-17(26)18(6-8-27-9-7-18)12-2-1-3-13(10-12)19(22,23)24/h1-5,10-11H,6-9H2,(H,25,26). The van der Waals surface area contributed by atoms with E-state index in [-0.39, 0.29) is 42.3 Å². The first-order chi connectivity index (χ1) is 12.7. The minimum absolute atomic E-state index is 0.0911. The van der Waals surface area contributed by atoms with Gasteiger partial charge >= 0.3 is 6.18 Å². The number of hydrogen-bond acceptors (Lipinski definition) is 2. The van der Waals surface area contributed by atoms with Crippen LogP contribution in [0.25, 0.3) is 0 Å². The summed E-state index contributed by atoms with van der Waals surface area (Å²) in [4.78, 5) is 13.0. The number of nitrogens with one attached hydrogen (secondary N) is 1. The van der Waals surface area contributed by atoms with E-state index < -0.39 is 28.9 Å². The Balaban J connectivity index is 1.97. The van der Waals surface area contributed by atoms with Gasteiger partial charge in [-0.3, -0.25) is 4.79 Å². The summed E-state index contributed by atoms with van der Waals surface area (Å²) in [7, 11) is 0. The van der Waals surface area contributed by atoms with E-state index in [0.717, 1.165) is 18.2 Å². The van der Waals surface area contributed by atoms with E-state index in [0.29, 0.717) is 0 Å². The predicted molar refractivity (Wildman–Crippen MR) is 93.2 cm³/mol. The summed E-state index contributed by atoms with van der Waals surface area (Å²) < 4.78 is 58.3. The van der Waals surface area contributed by atoms with E-state index in [1.54, 1.807) is 0 Å². The van der Waals surface area contributed by atoms with Gasteiger partial charge in [-0.05, 0) is 42.7 Å². The first-order valence-corrected chi connectivity index (χ1v) is 8.62. The van der Waals surface area contributed by atoms with Crippen molar-refractivity contribution in [1.29, 1.82) is 0 Å². The van der Waals surface area contributed by atoms with Crippen LogP contribution < -0.4 is 5.32 Å². The van der Waals surface area contributed by atoms with E-state index in [1.165, 1.54) is 24.3 Å². The fourth-order valence-corrected chi connectivity index (χ4v) is 3.30. The Morgan fingerprint density at radius 1 is 1.11 bits per heavy atom. The second-order valence-corrected chi connectivity index (χ2v) is 6.76. The first-order valence-electron chi connectivity index (χ1n) is 8.24. The topological polar surface area (TPSA) is 38.3 Å². The Labute approximate surface area is 158 Å². The van der Waals surface area contributed by atoms with E-state index in [9.17, 15) is 22.4 Å². The molecule has 144 valence electrons. The summed E-state index contributed by atoms with van der Waals surface area (Å²) in [6.07, 6.45) is -4.08. The molecule has 0 radical (unpaired) electrons. The smallest absolute Gasteiger partial charge is 0.381 e. The number of carbonyl (C=O) groups is 1. The molecule has 8 heteroatoms. The van der Waals surface area contributed by atoms with Gasteiger partial charge in [0.25, 0.3) is 0 Å². The van der Waals surface area contributed by atoms with Crippen LogP contribution in [0.1, 0.15) is 24.0 Å². The SMILES string of the molecule is O=C(Nc1ccc(Cl)c(F)c1)C1(c2cccc(C(F)(F)F)c2)CCOCC1. The summed E-state index contributed by atoms with van der Waals surface area (Å²) in [5.41, 5.74) is -1.58. The molecule has 0 spiro atoms. The number of carbonyl (C=O) groups excluding carboxylic acids is 1. The first kappa shape index (κ1) is 19.6. The van der Waals surface area contributed by atoms with Crippen LogP contribution in [0.2, 0.25) is 5.02 Å². The Morgan fingerprint density at radius 2 is 1.81 bits per heavy atom. The van der Waals surface area contributed by atoms with Gasteiger partial charge < -0.3 is 10.1 Å². The van der Waals surface area contributed by atoms with Gasteiger partial charge in [0.05, 0.1) is 16.0 Å². The van der Waals surface area contributed by atoms with Gasteiger partial charge in [-0.2, -0.15) is 13.2 Å². The van der Waals surface area contributed by atoms with Crippen LogP contribution in [-0.2, 0) is 21.1 Å². The highest BCUT2D eigenvalue weighted by Crippen LogP contribution is 2.39. The Morgan fingerprint density at radius 3 is 2.44 bits per heavy atom. The summed E-state index contributed by atoms with van der Waals surface area (Å²) in [5.74, 6) is -1.21. The third-order valence-electron chi connectivity index (χ3n) is 4.70. The second kappa shape index (κ2) is 7.48. The van der Waals surface area contributed by atoms with Crippen LogP contribution in [0.15, 0.2) is 42.5 Å². The monoisotopic (exact) mass is 401 g/mol. The molecular formula is C19H16ClF4NO2. The van der Waals surface area contributed by atoms with Crippen LogP contribution in [0.4, 0.5) is 23.2 Å². The maximum absolute atomic E-state index is 13.6. The van der Waals surface area contributed by atoms with Crippen molar-refractivity contribution in [3.63, 3.8) is 0 Å². The molecule has 0 aromatic heterocycles. The van der Waals surface area contributed by atoms with Gasteiger partial charge in [0.2, 0.25) is 5.91 Å². The van der Waals surface area contributed by atoms with Crippen LogP contribution in [-0.4, -0.2) is 19.1 Å². The summed E-state index contributed by atoms with van der Waals surface area (Å²) >= 11 is 5.64. The number of ether oxygens (including phenoxy) is 1. The maximum Gasteiger partial charge on any atom is 0.416 e. The second-order valence-electron chi connectivity index (χ2n) is 6.36. The zero-order valence-electron chi connectivity index (χ0n) is 14.1. The van der Waals surface area contributed by atoms with Crippen LogP contribution in [0.3, 0.4) is 0 Å². The van der Waals surface area contributed by atoms with Crippen LogP contribution in [0.5, 0.6) is 0 Å².